The molecule has 2 saturated heterocycles. The molecule has 7 atom stereocenters. The van der Waals surface area contributed by atoms with Gasteiger partial charge in [0.25, 0.3) is 0 Å². The molecular formula is C29H43NO6S. The van der Waals surface area contributed by atoms with Crippen LogP contribution in [0, 0.1) is 17.3 Å². The van der Waals surface area contributed by atoms with Crippen LogP contribution in [0.15, 0.2) is 28.8 Å². The van der Waals surface area contributed by atoms with E-state index in [1.807, 2.05) is 44.5 Å². The molecule has 0 radical (unpaired) electrons. The monoisotopic (exact) mass is 533 g/mol. The van der Waals surface area contributed by atoms with Gasteiger partial charge in [-0.1, -0.05) is 34.1 Å². The number of ketones is 1. The fourth-order valence-electron chi connectivity index (χ4n) is 5.22. The number of ether oxygens (including phenoxy) is 2. The third-order valence-corrected chi connectivity index (χ3v) is 9.00. The van der Waals surface area contributed by atoms with E-state index in [-0.39, 0.29) is 29.8 Å². The fraction of sp³-hybridized carbons (Fsp3) is 0.690. The van der Waals surface area contributed by atoms with Gasteiger partial charge >= 0.3 is 5.97 Å². The van der Waals surface area contributed by atoms with E-state index in [1.165, 1.54) is 0 Å². The first-order valence-electron chi connectivity index (χ1n) is 13.2. The van der Waals surface area contributed by atoms with Gasteiger partial charge < -0.3 is 19.7 Å². The van der Waals surface area contributed by atoms with E-state index in [0.29, 0.717) is 6.42 Å². The van der Waals surface area contributed by atoms with E-state index in [4.69, 9.17) is 9.47 Å². The van der Waals surface area contributed by atoms with Crippen molar-refractivity contribution in [2.24, 2.45) is 17.3 Å². The van der Waals surface area contributed by atoms with E-state index in [9.17, 15) is 19.8 Å². The molecule has 3 rings (SSSR count). The molecule has 2 N–H and O–H groups in total. The summed E-state index contributed by atoms with van der Waals surface area (Å²) in [6.07, 6.45) is 5.68. The van der Waals surface area contributed by atoms with E-state index < -0.39 is 35.6 Å². The highest BCUT2D eigenvalue weighted by Crippen LogP contribution is 2.45. The third kappa shape index (κ3) is 7.22. The average Bonchev–Trinajstić information content (AvgIpc) is 3.50. The normalized spacial score (nSPS) is 36.0. The number of nitrogens with zero attached hydrogens (tertiary/aromatic N) is 1. The lowest BCUT2D eigenvalue weighted by Crippen LogP contribution is -2.45. The Hall–Kier alpha value is -1.74. The van der Waals surface area contributed by atoms with Gasteiger partial charge in [0.1, 0.15) is 11.9 Å². The second kappa shape index (κ2) is 12.0. The Morgan fingerprint density at radius 1 is 1.19 bits per heavy atom. The molecule has 8 heteroatoms. The molecule has 0 aromatic carbocycles. The van der Waals surface area contributed by atoms with E-state index in [1.54, 1.807) is 32.5 Å². The highest BCUT2D eigenvalue weighted by Gasteiger charge is 2.53. The van der Waals surface area contributed by atoms with Gasteiger partial charge in [-0.05, 0) is 62.6 Å². The van der Waals surface area contributed by atoms with E-state index in [2.05, 4.69) is 11.9 Å². The first kappa shape index (κ1) is 29.8. The molecule has 0 aliphatic carbocycles. The number of epoxide rings is 1. The topological polar surface area (TPSA) is 109 Å². The fourth-order valence-corrected chi connectivity index (χ4v) is 5.58. The van der Waals surface area contributed by atoms with Crippen LogP contribution in [0.2, 0.25) is 0 Å². The van der Waals surface area contributed by atoms with Crippen LogP contribution in [0.4, 0.5) is 0 Å². The molecule has 206 valence electrons. The van der Waals surface area contributed by atoms with Gasteiger partial charge in [0, 0.05) is 23.4 Å². The minimum atomic E-state index is -1.24. The molecule has 7 nitrogen and oxygen atoms in total. The van der Waals surface area contributed by atoms with Gasteiger partial charge in [-0.15, -0.1) is 11.8 Å². The average molecular weight is 534 g/mol. The van der Waals surface area contributed by atoms with Gasteiger partial charge in [-0.25, -0.2) is 0 Å². The van der Waals surface area contributed by atoms with Crippen molar-refractivity contribution >= 4 is 29.6 Å². The number of hydrogen-bond acceptors (Lipinski definition) is 8. The Kier molecular flexibility index (Phi) is 9.65. The summed E-state index contributed by atoms with van der Waals surface area (Å²) in [5, 5.41) is 21.8. The second-order valence-electron chi connectivity index (χ2n) is 11.6. The minimum absolute atomic E-state index is 0.0597. The van der Waals surface area contributed by atoms with Gasteiger partial charge in [0.15, 0.2) is 0 Å². The minimum Gasteiger partial charge on any atom is -0.458 e. The van der Waals surface area contributed by atoms with Crippen LogP contribution >= 0.6 is 11.8 Å². The van der Waals surface area contributed by atoms with Crippen LogP contribution in [0.3, 0.4) is 0 Å². The summed E-state index contributed by atoms with van der Waals surface area (Å²) in [5.41, 5.74) is 0.0872. The Balaban J connectivity index is 1.86. The summed E-state index contributed by atoms with van der Waals surface area (Å²) in [5.74, 6) is -1.57. The summed E-state index contributed by atoms with van der Waals surface area (Å²) in [6, 6.07) is 3.93. The Labute approximate surface area is 225 Å². The number of fused-ring (bicyclic) bond motifs is 1. The number of esters is 1. The summed E-state index contributed by atoms with van der Waals surface area (Å²) < 4.78 is 12.0. The standard InChI is InChI=1S/C29H43NO6S/c1-17-9-8-12-29(6)24(36-29)14-22(18(2)13-20-10-11-21(37-7)16-30-20)35-25(32)15-23(31)28(4,5)27(34)19(3)26(17)33/h10-11,13,16-17,19,22-24,26,31,33H,8-9,12,14-15H2,1-7H3/t17-,19+,22-,23-,24-,26-,29+/m0/s1. The van der Waals surface area contributed by atoms with Gasteiger partial charge in [-0.3, -0.25) is 14.6 Å². The van der Waals surface area contributed by atoms with E-state index in [0.717, 1.165) is 35.4 Å². The van der Waals surface area contributed by atoms with Crippen molar-refractivity contribution in [2.45, 2.75) is 109 Å². The Morgan fingerprint density at radius 3 is 2.51 bits per heavy atom. The first-order chi connectivity index (χ1) is 17.3. The number of aliphatic hydroxyl groups excluding tert-OH is 2. The molecule has 0 spiro atoms. The highest BCUT2D eigenvalue weighted by molar-refractivity contribution is 7.98. The molecule has 37 heavy (non-hydrogen) atoms. The quantitative estimate of drug-likeness (QED) is 0.323. The number of aliphatic hydroxyl groups is 2. The molecule has 1 aromatic rings. The number of rotatable bonds is 3. The molecule has 0 unspecified atom stereocenters. The van der Waals surface area contributed by atoms with Crippen molar-refractivity contribution in [1.82, 2.24) is 4.98 Å². The Morgan fingerprint density at radius 2 is 1.89 bits per heavy atom. The molecule has 0 bridgehead atoms. The maximum atomic E-state index is 13.3. The van der Waals surface area contributed by atoms with Crippen molar-refractivity contribution in [3.8, 4) is 0 Å². The van der Waals surface area contributed by atoms with E-state index >= 15 is 0 Å². The maximum Gasteiger partial charge on any atom is 0.309 e. The third-order valence-electron chi connectivity index (χ3n) is 8.29. The lowest BCUT2D eigenvalue weighted by molar-refractivity contribution is -0.154. The van der Waals surface area contributed by atoms with Crippen molar-refractivity contribution in [2.75, 3.05) is 6.26 Å². The lowest BCUT2D eigenvalue weighted by Gasteiger charge is -2.34. The largest absolute Gasteiger partial charge is 0.458 e. The molecular weight excluding hydrogens is 490 g/mol. The first-order valence-corrected chi connectivity index (χ1v) is 14.5. The van der Waals surface area contributed by atoms with Gasteiger partial charge in [0.2, 0.25) is 0 Å². The molecule has 0 amide bonds. The van der Waals surface area contributed by atoms with Crippen molar-refractivity contribution in [3.05, 3.63) is 29.6 Å². The van der Waals surface area contributed by atoms with Crippen LogP contribution in [0.25, 0.3) is 6.08 Å². The van der Waals surface area contributed by atoms with Crippen LogP contribution < -0.4 is 0 Å². The SMILES string of the molecule is CSc1ccc(C=C(C)[C@@H]2C[C@@H]3O[C@]3(C)CCC[C@H](C)[C@H](O)[C@@H](C)C(=O)C(C)(C)[C@@H](O)CC(=O)O2)nc1. The Bertz CT molecular complexity index is 993. The number of pyridine rings is 1. The van der Waals surface area contributed by atoms with Crippen LogP contribution in [0.1, 0.15) is 79.3 Å². The van der Waals surface area contributed by atoms with Crippen molar-refractivity contribution < 1.29 is 29.3 Å². The molecule has 0 saturated carbocycles. The molecule has 2 aliphatic rings. The van der Waals surface area contributed by atoms with Crippen LogP contribution in [-0.4, -0.2) is 63.2 Å². The summed E-state index contributed by atoms with van der Waals surface area (Å²) in [6.45, 7) is 10.9. The molecule has 3 heterocycles. The zero-order valence-corrected chi connectivity index (χ0v) is 24.0. The second-order valence-corrected chi connectivity index (χ2v) is 12.5. The summed E-state index contributed by atoms with van der Waals surface area (Å²) in [7, 11) is 0. The maximum absolute atomic E-state index is 13.3. The van der Waals surface area contributed by atoms with Crippen LogP contribution in [0.5, 0.6) is 0 Å². The molecule has 2 fully saturated rings. The number of aromatic nitrogens is 1. The number of cyclic esters (lactones) is 1. The van der Waals surface area contributed by atoms with Crippen molar-refractivity contribution in [1.29, 1.82) is 0 Å². The summed E-state index contributed by atoms with van der Waals surface area (Å²) in [4.78, 5) is 31.8. The highest BCUT2D eigenvalue weighted by atomic mass is 32.2. The van der Waals surface area contributed by atoms with Crippen molar-refractivity contribution in [3.63, 3.8) is 0 Å². The lowest BCUT2D eigenvalue weighted by atomic mass is 9.73. The number of carbonyl (C=O) groups is 2. The summed E-state index contributed by atoms with van der Waals surface area (Å²) >= 11 is 1.62. The number of thioether (sulfide) groups is 1. The van der Waals surface area contributed by atoms with Crippen LogP contribution in [-0.2, 0) is 19.1 Å². The zero-order valence-electron chi connectivity index (χ0n) is 23.2. The number of Topliss-reactive ketones (excluding diaryl/α,β-unsaturated/α-hetero) is 1. The molecule has 1 aromatic heterocycles. The smallest absolute Gasteiger partial charge is 0.309 e. The van der Waals surface area contributed by atoms with Gasteiger partial charge in [0.05, 0.1) is 41.4 Å². The molecule has 2 aliphatic heterocycles. The number of carbonyl (C=O) groups excluding carboxylic acids is 2. The number of hydrogen-bond donors (Lipinski definition) is 2. The predicted octanol–water partition coefficient (Wildman–Crippen LogP) is 4.83. The predicted molar refractivity (Wildman–Crippen MR) is 145 cm³/mol. The van der Waals surface area contributed by atoms with Gasteiger partial charge in [-0.2, -0.15) is 0 Å². The zero-order chi connectivity index (χ0) is 27.5.